The van der Waals surface area contributed by atoms with Crippen molar-refractivity contribution in [1.82, 2.24) is 14.8 Å². The number of ether oxygens (including phenoxy) is 1. The number of methoxy groups -OCH3 is 1. The van der Waals surface area contributed by atoms with Gasteiger partial charge in [0.2, 0.25) is 5.95 Å². The predicted molar refractivity (Wildman–Crippen MR) is 133 cm³/mol. The number of aromatic nitrogens is 3. The van der Waals surface area contributed by atoms with Gasteiger partial charge in [0.1, 0.15) is 17.6 Å². The van der Waals surface area contributed by atoms with Crippen LogP contribution in [0.1, 0.15) is 22.7 Å². The third-order valence-corrected chi connectivity index (χ3v) is 5.54. The first-order valence-electron chi connectivity index (χ1n) is 11.0. The molecule has 0 saturated heterocycles. The monoisotopic (exact) mass is 467 g/mol. The quantitative estimate of drug-likeness (QED) is 0.384. The molecule has 7 nitrogen and oxygen atoms in total. The number of hydrogen-bond acceptors (Lipinski definition) is 5. The zero-order valence-electron chi connectivity index (χ0n) is 18.9. The van der Waals surface area contributed by atoms with Crippen LogP contribution in [0.15, 0.2) is 91.0 Å². The molecule has 0 bridgehead atoms. The smallest absolute Gasteiger partial charge is 0.250 e. The van der Waals surface area contributed by atoms with Crippen molar-refractivity contribution < 1.29 is 13.9 Å². The van der Waals surface area contributed by atoms with Crippen molar-refractivity contribution in [2.24, 2.45) is 0 Å². The average molecular weight is 468 g/mol. The summed E-state index contributed by atoms with van der Waals surface area (Å²) in [5.74, 6) is 0.691. The highest BCUT2D eigenvalue weighted by atomic mass is 19.1. The van der Waals surface area contributed by atoms with Gasteiger partial charge < -0.3 is 10.1 Å². The Bertz CT molecular complexity index is 1390. The lowest BCUT2D eigenvalue weighted by molar-refractivity contribution is -0.111. The molecule has 1 amide bonds. The zero-order valence-corrected chi connectivity index (χ0v) is 18.9. The molecular formula is C27H22FN5O2. The van der Waals surface area contributed by atoms with Crippen LogP contribution in [0.4, 0.5) is 16.3 Å². The fourth-order valence-electron chi connectivity index (χ4n) is 3.77. The van der Waals surface area contributed by atoms with E-state index < -0.39 is 0 Å². The van der Waals surface area contributed by atoms with Gasteiger partial charge in [0, 0.05) is 11.8 Å². The second-order valence-corrected chi connectivity index (χ2v) is 7.87. The number of rotatable bonds is 6. The van der Waals surface area contributed by atoms with Gasteiger partial charge in [0.25, 0.3) is 11.9 Å². The number of nitrogens with zero attached hydrogens (tertiary/aromatic N) is 3. The molecule has 5 rings (SSSR count). The molecule has 0 aliphatic carbocycles. The highest BCUT2D eigenvalue weighted by Gasteiger charge is 2.25. The van der Waals surface area contributed by atoms with Gasteiger partial charge in [-0.05, 0) is 53.1 Å². The Morgan fingerprint density at radius 1 is 1.06 bits per heavy atom. The number of hydrogen-bond donors (Lipinski definition) is 2. The number of anilines is 2. The lowest BCUT2D eigenvalue weighted by Crippen LogP contribution is -2.20. The highest BCUT2D eigenvalue weighted by molar-refractivity contribution is 6.01. The molecule has 1 atom stereocenters. The maximum Gasteiger partial charge on any atom is 0.250 e. The van der Waals surface area contributed by atoms with Crippen molar-refractivity contribution >= 4 is 29.6 Å². The summed E-state index contributed by atoms with van der Waals surface area (Å²) in [7, 11) is 1.60. The Balaban J connectivity index is 1.40. The first-order chi connectivity index (χ1) is 17.1. The Labute approximate surface area is 201 Å². The van der Waals surface area contributed by atoms with Crippen LogP contribution < -0.4 is 15.4 Å². The fraction of sp³-hybridized carbons (Fsp3) is 0.0741. The summed E-state index contributed by atoms with van der Waals surface area (Å²) in [5.41, 5.74) is 3.51. The van der Waals surface area contributed by atoms with E-state index in [0.29, 0.717) is 5.95 Å². The number of fused-ring (bicyclic) bond motifs is 1. The maximum atomic E-state index is 13.5. The van der Waals surface area contributed by atoms with Gasteiger partial charge in [-0.3, -0.25) is 10.1 Å². The largest absolute Gasteiger partial charge is 0.497 e. The number of allylic oxidation sites excluding steroid dienone is 1. The molecule has 1 aromatic heterocycles. The van der Waals surface area contributed by atoms with E-state index in [9.17, 15) is 9.18 Å². The van der Waals surface area contributed by atoms with E-state index in [-0.39, 0.29) is 23.7 Å². The van der Waals surface area contributed by atoms with Gasteiger partial charge in [-0.15, -0.1) is 5.10 Å². The lowest BCUT2D eigenvalue weighted by atomic mass is 10.0. The summed E-state index contributed by atoms with van der Waals surface area (Å²) in [4.78, 5) is 17.0. The Hall–Kier alpha value is -4.72. The Kier molecular flexibility index (Phi) is 6.09. The normalized spacial score (nSPS) is 14.7. The summed E-state index contributed by atoms with van der Waals surface area (Å²) in [5, 5.41) is 10.5. The third-order valence-electron chi connectivity index (χ3n) is 5.54. The number of halogens is 1. The molecule has 3 aromatic carbocycles. The zero-order chi connectivity index (χ0) is 24.2. The average Bonchev–Trinajstić information content (AvgIpc) is 3.30. The van der Waals surface area contributed by atoms with Gasteiger partial charge in [0.05, 0.1) is 7.11 Å². The van der Waals surface area contributed by atoms with Crippen LogP contribution in [0.25, 0.3) is 11.8 Å². The van der Waals surface area contributed by atoms with Crippen LogP contribution >= 0.6 is 0 Å². The van der Waals surface area contributed by atoms with Crippen LogP contribution in [0, 0.1) is 5.82 Å². The van der Waals surface area contributed by atoms with E-state index >= 15 is 0 Å². The van der Waals surface area contributed by atoms with E-state index in [4.69, 9.17) is 4.74 Å². The third kappa shape index (κ3) is 4.96. The second kappa shape index (κ2) is 9.64. The molecule has 4 aromatic rings. The van der Waals surface area contributed by atoms with Gasteiger partial charge in [0.15, 0.2) is 0 Å². The van der Waals surface area contributed by atoms with Crippen molar-refractivity contribution in [1.29, 1.82) is 0 Å². The molecule has 1 aliphatic heterocycles. The summed E-state index contributed by atoms with van der Waals surface area (Å²) >= 11 is 0. The Morgan fingerprint density at radius 3 is 2.51 bits per heavy atom. The summed E-state index contributed by atoms with van der Waals surface area (Å²) in [6, 6.07) is 23.1. The number of carbonyl (C=O) groups excluding carboxylic acids is 1. The number of amides is 1. The van der Waals surface area contributed by atoms with Crippen LogP contribution in [-0.4, -0.2) is 27.8 Å². The van der Waals surface area contributed by atoms with E-state index in [0.717, 1.165) is 28.1 Å². The standard InChI is InChI=1S/C27H22FN5O2/c1-35-22-14-7-18(8-15-22)9-16-25(34)30-26-31-27-29-23(19-5-3-2-4-6-19)17-24(33(27)32-26)20-10-12-21(28)13-11-20/h2-17,24H,1H3,(H2,29,30,31,32,34)/b16-9+. The van der Waals surface area contributed by atoms with Crippen molar-refractivity contribution in [3.63, 3.8) is 0 Å². The molecule has 174 valence electrons. The molecule has 0 spiro atoms. The van der Waals surface area contributed by atoms with E-state index in [1.807, 2.05) is 60.7 Å². The molecule has 2 N–H and O–H groups in total. The molecule has 0 fully saturated rings. The maximum absolute atomic E-state index is 13.5. The SMILES string of the molecule is COc1ccc(/C=C/C(=O)Nc2nc3n(n2)C(c2ccc(F)cc2)C=C(c2ccccc2)N3)cc1. The minimum absolute atomic E-state index is 0.159. The highest BCUT2D eigenvalue weighted by Crippen LogP contribution is 2.33. The first kappa shape index (κ1) is 22.1. The number of nitrogens with one attached hydrogen (secondary N) is 2. The summed E-state index contributed by atoms with van der Waals surface area (Å²) in [6.45, 7) is 0. The second-order valence-electron chi connectivity index (χ2n) is 7.87. The van der Waals surface area contributed by atoms with Crippen molar-refractivity contribution in [2.75, 3.05) is 17.7 Å². The molecule has 0 radical (unpaired) electrons. The minimum Gasteiger partial charge on any atom is -0.497 e. The summed E-state index contributed by atoms with van der Waals surface area (Å²) in [6.07, 6.45) is 5.11. The molecular weight excluding hydrogens is 445 g/mol. The molecule has 2 heterocycles. The predicted octanol–water partition coefficient (Wildman–Crippen LogP) is 5.13. The number of benzene rings is 3. The Morgan fingerprint density at radius 2 is 1.80 bits per heavy atom. The summed E-state index contributed by atoms with van der Waals surface area (Å²) < 4.78 is 20.4. The van der Waals surface area contributed by atoms with E-state index in [1.54, 1.807) is 30.0 Å². The lowest BCUT2D eigenvalue weighted by Gasteiger charge is -2.24. The fourth-order valence-corrected chi connectivity index (χ4v) is 3.77. The van der Waals surface area contributed by atoms with Crippen LogP contribution in [0.2, 0.25) is 0 Å². The molecule has 8 heteroatoms. The van der Waals surface area contributed by atoms with Crippen molar-refractivity contribution in [3.05, 3.63) is 114 Å². The van der Waals surface area contributed by atoms with Crippen LogP contribution in [0.5, 0.6) is 5.75 Å². The van der Waals surface area contributed by atoms with E-state index in [2.05, 4.69) is 20.7 Å². The van der Waals surface area contributed by atoms with Gasteiger partial charge in [-0.1, -0.05) is 54.6 Å². The van der Waals surface area contributed by atoms with Crippen LogP contribution in [0.3, 0.4) is 0 Å². The molecule has 35 heavy (non-hydrogen) atoms. The van der Waals surface area contributed by atoms with Gasteiger partial charge >= 0.3 is 0 Å². The van der Waals surface area contributed by atoms with Crippen molar-refractivity contribution in [2.45, 2.75) is 6.04 Å². The molecule has 1 unspecified atom stereocenters. The van der Waals surface area contributed by atoms with Gasteiger partial charge in [-0.25, -0.2) is 9.07 Å². The topological polar surface area (TPSA) is 81.1 Å². The minimum atomic E-state index is -0.363. The van der Waals surface area contributed by atoms with E-state index in [1.165, 1.54) is 18.2 Å². The van der Waals surface area contributed by atoms with Crippen LogP contribution in [-0.2, 0) is 4.79 Å². The van der Waals surface area contributed by atoms with Crippen molar-refractivity contribution in [3.8, 4) is 5.75 Å². The molecule has 0 saturated carbocycles. The molecule has 1 aliphatic rings. The number of carbonyl (C=O) groups is 1. The first-order valence-corrected chi connectivity index (χ1v) is 11.0. The van der Waals surface area contributed by atoms with Gasteiger partial charge in [-0.2, -0.15) is 4.98 Å².